The van der Waals surface area contributed by atoms with Gasteiger partial charge < -0.3 is 9.80 Å². The van der Waals surface area contributed by atoms with Crippen molar-refractivity contribution >= 4 is 17.4 Å². The first kappa shape index (κ1) is 13.2. The van der Waals surface area contributed by atoms with E-state index in [9.17, 15) is 0 Å². The SMILES string of the molecule is CCCN(CCN(C)C)c1nccnc1Cl. The Morgan fingerprint density at radius 2 is 1.81 bits per heavy atom. The van der Waals surface area contributed by atoms with Crippen LogP contribution in [0.2, 0.25) is 5.15 Å². The van der Waals surface area contributed by atoms with Gasteiger partial charge in [-0.3, -0.25) is 0 Å². The van der Waals surface area contributed by atoms with Crippen molar-refractivity contribution in [3.05, 3.63) is 17.5 Å². The van der Waals surface area contributed by atoms with Crippen molar-refractivity contribution in [1.82, 2.24) is 14.9 Å². The average molecular weight is 243 g/mol. The van der Waals surface area contributed by atoms with Crippen LogP contribution >= 0.6 is 11.6 Å². The van der Waals surface area contributed by atoms with Gasteiger partial charge in [-0.1, -0.05) is 18.5 Å². The minimum absolute atomic E-state index is 0.481. The van der Waals surface area contributed by atoms with Gasteiger partial charge in [-0.2, -0.15) is 0 Å². The number of hydrogen-bond acceptors (Lipinski definition) is 4. The van der Waals surface area contributed by atoms with E-state index in [1.54, 1.807) is 12.4 Å². The van der Waals surface area contributed by atoms with Crippen molar-refractivity contribution in [2.45, 2.75) is 13.3 Å². The van der Waals surface area contributed by atoms with Gasteiger partial charge in [0.2, 0.25) is 0 Å². The van der Waals surface area contributed by atoms with Crippen LogP contribution in [0.4, 0.5) is 5.82 Å². The van der Waals surface area contributed by atoms with E-state index < -0.39 is 0 Å². The molecule has 0 saturated heterocycles. The van der Waals surface area contributed by atoms with Crippen LogP contribution in [-0.4, -0.2) is 48.6 Å². The van der Waals surface area contributed by atoms with Gasteiger partial charge in [0.25, 0.3) is 0 Å². The quantitative estimate of drug-likeness (QED) is 0.763. The molecule has 1 heterocycles. The van der Waals surface area contributed by atoms with Crippen molar-refractivity contribution in [3.63, 3.8) is 0 Å². The lowest BCUT2D eigenvalue weighted by molar-refractivity contribution is 0.412. The Balaban J connectivity index is 2.73. The molecule has 0 atom stereocenters. The van der Waals surface area contributed by atoms with Gasteiger partial charge in [0.1, 0.15) is 0 Å². The molecule has 0 N–H and O–H groups in total. The van der Waals surface area contributed by atoms with Gasteiger partial charge in [-0.25, -0.2) is 9.97 Å². The van der Waals surface area contributed by atoms with Crippen LogP contribution in [0.1, 0.15) is 13.3 Å². The number of halogens is 1. The van der Waals surface area contributed by atoms with E-state index in [4.69, 9.17) is 11.6 Å². The molecule has 0 fully saturated rings. The molecule has 0 spiro atoms. The number of anilines is 1. The van der Waals surface area contributed by atoms with E-state index in [1.165, 1.54) is 0 Å². The van der Waals surface area contributed by atoms with Crippen LogP contribution in [-0.2, 0) is 0 Å². The number of aromatic nitrogens is 2. The first-order chi connectivity index (χ1) is 7.65. The van der Waals surface area contributed by atoms with Crippen molar-refractivity contribution in [2.24, 2.45) is 0 Å². The smallest absolute Gasteiger partial charge is 0.171 e. The second kappa shape index (κ2) is 6.66. The molecule has 5 heteroatoms. The normalized spacial score (nSPS) is 10.8. The molecule has 0 bridgehead atoms. The fraction of sp³-hybridized carbons (Fsp3) is 0.636. The van der Waals surface area contributed by atoms with Crippen molar-refractivity contribution in [3.8, 4) is 0 Å². The van der Waals surface area contributed by atoms with Gasteiger partial charge in [0, 0.05) is 32.0 Å². The predicted octanol–water partition coefficient (Wildman–Crippen LogP) is 1.91. The second-order valence-corrected chi connectivity index (χ2v) is 4.32. The third-order valence-electron chi connectivity index (χ3n) is 2.25. The Kier molecular flexibility index (Phi) is 5.49. The highest BCUT2D eigenvalue weighted by Gasteiger charge is 2.11. The average Bonchev–Trinajstić information content (AvgIpc) is 2.25. The minimum Gasteiger partial charge on any atom is -0.353 e. The van der Waals surface area contributed by atoms with Crippen molar-refractivity contribution in [1.29, 1.82) is 0 Å². The molecule has 4 nitrogen and oxygen atoms in total. The topological polar surface area (TPSA) is 32.3 Å². The Hall–Kier alpha value is -0.870. The zero-order valence-electron chi connectivity index (χ0n) is 10.1. The molecule has 0 aliphatic carbocycles. The highest BCUT2D eigenvalue weighted by Crippen LogP contribution is 2.19. The van der Waals surface area contributed by atoms with Crippen LogP contribution in [0.15, 0.2) is 12.4 Å². The van der Waals surface area contributed by atoms with E-state index in [1.807, 2.05) is 0 Å². The Bertz CT molecular complexity index is 317. The molecular formula is C11H19ClN4. The summed E-state index contributed by atoms with van der Waals surface area (Å²) in [5.74, 6) is 0.785. The van der Waals surface area contributed by atoms with Gasteiger partial charge in [0.05, 0.1) is 0 Å². The molecule has 1 rings (SSSR count). The molecular weight excluding hydrogens is 224 g/mol. The maximum Gasteiger partial charge on any atom is 0.171 e. The third-order valence-corrected chi connectivity index (χ3v) is 2.51. The summed E-state index contributed by atoms with van der Waals surface area (Å²) in [6.07, 6.45) is 4.36. The van der Waals surface area contributed by atoms with Crippen LogP contribution in [0.3, 0.4) is 0 Å². The molecule has 1 aromatic heterocycles. The predicted molar refractivity (Wildman–Crippen MR) is 68.1 cm³/mol. The number of likely N-dealkylation sites (N-methyl/N-ethyl adjacent to an activating group) is 1. The summed E-state index contributed by atoms with van der Waals surface area (Å²) in [5, 5.41) is 0.481. The van der Waals surface area contributed by atoms with Crippen LogP contribution in [0.25, 0.3) is 0 Å². The molecule has 0 amide bonds. The zero-order valence-corrected chi connectivity index (χ0v) is 10.9. The summed E-state index contributed by atoms with van der Waals surface area (Å²) in [6, 6.07) is 0. The lowest BCUT2D eigenvalue weighted by Gasteiger charge is -2.25. The maximum absolute atomic E-state index is 6.04. The maximum atomic E-state index is 6.04. The molecule has 16 heavy (non-hydrogen) atoms. The largest absolute Gasteiger partial charge is 0.353 e. The van der Waals surface area contributed by atoms with Gasteiger partial charge >= 0.3 is 0 Å². The van der Waals surface area contributed by atoms with Crippen molar-refractivity contribution < 1.29 is 0 Å². The van der Waals surface area contributed by atoms with Crippen molar-refractivity contribution in [2.75, 3.05) is 38.6 Å². The van der Waals surface area contributed by atoms with Gasteiger partial charge in [-0.15, -0.1) is 0 Å². The lowest BCUT2D eigenvalue weighted by atomic mass is 10.4. The van der Waals surface area contributed by atoms with Crippen LogP contribution in [0.5, 0.6) is 0 Å². The summed E-state index contributed by atoms with van der Waals surface area (Å²) in [4.78, 5) is 12.7. The van der Waals surface area contributed by atoms with Gasteiger partial charge in [-0.05, 0) is 20.5 Å². The molecule has 0 aromatic carbocycles. The van der Waals surface area contributed by atoms with E-state index >= 15 is 0 Å². The van der Waals surface area contributed by atoms with E-state index in [-0.39, 0.29) is 0 Å². The number of hydrogen-bond donors (Lipinski definition) is 0. The molecule has 0 saturated carbocycles. The molecule has 0 aliphatic heterocycles. The lowest BCUT2D eigenvalue weighted by Crippen LogP contribution is -2.33. The Morgan fingerprint density at radius 3 is 2.38 bits per heavy atom. The minimum atomic E-state index is 0.481. The monoisotopic (exact) mass is 242 g/mol. The zero-order chi connectivity index (χ0) is 12.0. The highest BCUT2D eigenvalue weighted by atomic mass is 35.5. The van der Waals surface area contributed by atoms with Crippen LogP contribution in [0, 0.1) is 0 Å². The summed E-state index contributed by atoms with van der Waals surface area (Å²) < 4.78 is 0. The van der Waals surface area contributed by atoms with E-state index in [0.717, 1.165) is 31.9 Å². The van der Waals surface area contributed by atoms with Gasteiger partial charge in [0.15, 0.2) is 11.0 Å². The first-order valence-corrected chi connectivity index (χ1v) is 5.89. The summed E-state index contributed by atoms with van der Waals surface area (Å²) in [6.45, 7) is 4.99. The van der Waals surface area contributed by atoms with Crippen LogP contribution < -0.4 is 4.90 Å². The standard InChI is InChI=1S/C11H19ClN4/c1-4-7-16(9-8-15(2)3)11-10(12)13-5-6-14-11/h5-6H,4,7-9H2,1-3H3. The summed E-state index contributed by atoms with van der Waals surface area (Å²) in [5.41, 5.74) is 0. The third kappa shape index (κ3) is 3.94. The summed E-state index contributed by atoms with van der Waals surface area (Å²) >= 11 is 6.04. The summed E-state index contributed by atoms with van der Waals surface area (Å²) in [7, 11) is 4.12. The second-order valence-electron chi connectivity index (χ2n) is 3.96. The fourth-order valence-electron chi connectivity index (χ4n) is 1.44. The molecule has 0 aliphatic rings. The Morgan fingerprint density at radius 1 is 1.12 bits per heavy atom. The van der Waals surface area contributed by atoms with E-state index in [2.05, 4.69) is 40.8 Å². The molecule has 1 aromatic rings. The van der Waals surface area contributed by atoms with E-state index in [0.29, 0.717) is 5.15 Å². The highest BCUT2D eigenvalue weighted by molar-refractivity contribution is 6.31. The Labute approximate surface area is 102 Å². The number of nitrogens with zero attached hydrogens (tertiary/aromatic N) is 4. The molecule has 0 unspecified atom stereocenters. The number of rotatable bonds is 6. The molecule has 90 valence electrons. The molecule has 0 radical (unpaired) electrons. The fourth-order valence-corrected chi connectivity index (χ4v) is 1.66. The first-order valence-electron chi connectivity index (χ1n) is 5.51.